The van der Waals surface area contributed by atoms with Crippen LogP contribution in [0.3, 0.4) is 0 Å². The maximum absolute atomic E-state index is 12.4. The molecule has 0 fully saturated rings. The Balaban J connectivity index is 1.72. The Morgan fingerprint density at radius 1 is 1.19 bits per heavy atom. The lowest BCUT2D eigenvalue weighted by atomic mass is 10.1. The number of carbonyl (C=O) groups is 1. The monoisotopic (exact) mass is 412 g/mol. The second kappa shape index (κ2) is 7.45. The van der Waals surface area contributed by atoms with Crippen molar-refractivity contribution in [2.24, 2.45) is 10.8 Å². The average molecular weight is 413 g/mol. The Labute approximate surface area is 158 Å². The topological polar surface area (TPSA) is 92.6 Å². The van der Waals surface area contributed by atoms with E-state index in [4.69, 9.17) is 10.2 Å². The van der Waals surface area contributed by atoms with Crippen molar-refractivity contribution in [2.45, 2.75) is 6.92 Å². The Morgan fingerprint density at radius 2 is 1.92 bits per heavy atom. The second-order valence-electron chi connectivity index (χ2n) is 5.66. The van der Waals surface area contributed by atoms with Gasteiger partial charge in [0.15, 0.2) is 5.76 Å². The molecule has 1 heterocycles. The lowest BCUT2D eigenvalue weighted by Gasteiger charge is -2.06. The fourth-order valence-corrected chi connectivity index (χ4v) is 2.71. The number of nitrogens with two attached hydrogens (primary N) is 1. The molecule has 0 bridgehead atoms. The molecule has 0 radical (unpaired) electrons. The first-order valence-corrected chi connectivity index (χ1v) is 8.57. The summed E-state index contributed by atoms with van der Waals surface area (Å²) >= 11 is 3.40. The van der Waals surface area contributed by atoms with E-state index in [1.807, 2.05) is 37.3 Å². The highest BCUT2D eigenvalue weighted by atomic mass is 79.9. The molecule has 0 aliphatic heterocycles. The molecule has 0 saturated heterocycles. The molecule has 26 heavy (non-hydrogen) atoms. The number of fused-ring (bicyclic) bond motifs is 1. The van der Waals surface area contributed by atoms with Gasteiger partial charge in [-0.2, -0.15) is 5.10 Å². The zero-order valence-electron chi connectivity index (χ0n) is 14.0. The zero-order valence-corrected chi connectivity index (χ0v) is 15.6. The van der Waals surface area contributed by atoms with Crippen molar-refractivity contribution < 1.29 is 9.21 Å². The van der Waals surface area contributed by atoms with Crippen LogP contribution in [0, 0.1) is 0 Å². The van der Waals surface area contributed by atoms with E-state index in [9.17, 15) is 4.79 Å². The Kier molecular flexibility index (Phi) is 5.09. The molecule has 132 valence electrons. The Hall–Kier alpha value is -3.06. The number of nitrogens with zero attached hydrogens (tertiary/aromatic N) is 1. The number of anilines is 1. The molecule has 3 rings (SSSR count). The van der Waals surface area contributed by atoms with Crippen molar-refractivity contribution in [1.82, 2.24) is 5.43 Å². The molecule has 0 saturated carbocycles. The van der Waals surface area contributed by atoms with Crippen LogP contribution < -0.4 is 16.5 Å². The maximum Gasteiger partial charge on any atom is 0.291 e. The molecule has 1 amide bonds. The van der Waals surface area contributed by atoms with Crippen molar-refractivity contribution in [1.29, 1.82) is 0 Å². The molecule has 0 aliphatic carbocycles. The highest BCUT2D eigenvalue weighted by molar-refractivity contribution is 9.10. The molecular weight excluding hydrogens is 396 g/mol. The fourth-order valence-electron chi connectivity index (χ4n) is 2.33. The Bertz CT molecular complexity index is 1010. The van der Waals surface area contributed by atoms with Gasteiger partial charge in [-0.25, -0.2) is 0 Å². The van der Waals surface area contributed by atoms with Crippen molar-refractivity contribution in [3.63, 3.8) is 0 Å². The Morgan fingerprint density at radius 3 is 2.62 bits per heavy atom. The minimum Gasteiger partial charge on any atom is -0.451 e. The molecule has 7 heteroatoms. The molecule has 1 aromatic heterocycles. The number of hydrogen-bond acceptors (Lipinski definition) is 5. The normalized spacial score (nSPS) is 11.4. The third kappa shape index (κ3) is 4.12. The average Bonchev–Trinajstić information content (AvgIpc) is 3.03. The predicted molar refractivity (Wildman–Crippen MR) is 107 cm³/mol. The third-order valence-electron chi connectivity index (χ3n) is 3.63. The number of furan rings is 1. The molecule has 0 aliphatic rings. The van der Waals surface area contributed by atoms with Gasteiger partial charge in [0, 0.05) is 15.5 Å². The molecule has 2 aromatic carbocycles. The summed E-state index contributed by atoms with van der Waals surface area (Å²) < 4.78 is 6.52. The number of nitrogens with one attached hydrogen (secondary N) is 2. The minimum atomic E-state index is -0.309. The lowest BCUT2D eigenvalue weighted by molar-refractivity contribution is 0.0998. The van der Waals surface area contributed by atoms with Gasteiger partial charge in [-0.05, 0) is 48.9 Å². The van der Waals surface area contributed by atoms with E-state index < -0.39 is 0 Å². The molecule has 0 atom stereocenters. The number of benzene rings is 2. The van der Waals surface area contributed by atoms with Crippen LogP contribution in [-0.2, 0) is 0 Å². The molecular formula is C19H17BrN4O2. The molecule has 0 unspecified atom stereocenters. The van der Waals surface area contributed by atoms with E-state index in [1.165, 1.54) is 0 Å². The number of carbonyl (C=O) groups excluding carboxylic acids is 1. The summed E-state index contributed by atoms with van der Waals surface area (Å²) in [6.07, 6.45) is 0. The summed E-state index contributed by atoms with van der Waals surface area (Å²) in [5.41, 5.74) is 11.0. The van der Waals surface area contributed by atoms with Crippen LogP contribution in [0.25, 0.3) is 11.0 Å². The first kappa shape index (κ1) is 17.8. The number of amides is 1. The van der Waals surface area contributed by atoms with Crippen LogP contribution in [0.2, 0.25) is 0 Å². The standard InChI is InChI=1S/C19H17BrN4O2/c1-11(23-24-12(2)21)13-3-6-16(7-4-13)22-19(25)18-10-14-9-15(20)5-8-17(14)26-18/h3-10,24H,2,21H2,1H3,(H,22,25)/b23-11-. The summed E-state index contributed by atoms with van der Waals surface area (Å²) in [7, 11) is 0. The number of hydrazone groups is 1. The summed E-state index contributed by atoms with van der Waals surface area (Å²) in [6, 6.07) is 14.6. The van der Waals surface area contributed by atoms with E-state index >= 15 is 0 Å². The SMILES string of the molecule is C=C(N)N/N=C(/C)c1ccc(NC(=O)c2cc3cc(Br)ccc3o2)cc1. The number of rotatable bonds is 5. The van der Waals surface area contributed by atoms with Gasteiger partial charge < -0.3 is 15.5 Å². The molecule has 4 N–H and O–H groups in total. The van der Waals surface area contributed by atoms with Crippen LogP contribution in [0.15, 0.2) is 74.9 Å². The van der Waals surface area contributed by atoms with Gasteiger partial charge in [0.05, 0.1) is 5.71 Å². The molecule has 6 nitrogen and oxygen atoms in total. The van der Waals surface area contributed by atoms with Crippen molar-refractivity contribution in [3.8, 4) is 0 Å². The van der Waals surface area contributed by atoms with Gasteiger partial charge in [-0.15, -0.1) is 0 Å². The molecule has 0 spiro atoms. The second-order valence-corrected chi connectivity index (χ2v) is 6.57. The van der Waals surface area contributed by atoms with Crippen molar-refractivity contribution in [3.05, 3.63) is 76.7 Å². The fraction of sp³-hybridized carbons (Fsp3) is 0.0526. The lowest BCUT2D eigenvalue weighted by Crippen LogP contribution is -2.14. The number of halogens is 1. The summed E-state index contributed by atoms with van der Waals surface area (Å²) in [5.74, 6) is 0.216. The van der Waals surface area contributed by atoms with Crippen LogP contribution in [0.4, 0.5) is 5.69 Å². The van der Waals surface area contributed by atoms with Gasteiger partial charge in [0.1, 0.15) is 11.4 Å². The smallest absolute Gasteiger partial charge is 0.291 e. The van der Waals surface area contributed by atoms with E-state index in [0.717, 1.165) is 21.1 Å². The third-order valence-corrected chi connectivity index (χ3v) is 4.12. The highest BCUT2D eigenvalue weighted by Gasteiger charge is 2.13. The van der Waals surface area contributed by atoms with Crippen LogP contribution in [-0.4, -0.2) is 11.6 Å². The van der Waals surface area contributed by atoms with Crippen molar-refractivity contribution >= 4 is 44.2 Å². The summed E-state index contributed by atoms with van der Waals surface area (Å²) in [4.78, 5) is 12.4. The van der Waals surface area contributed by atoms with Gasteiger partial charge in [0.2, 0.25) is 0 Å². The van der Waals surface area contributed by atoms with E-state index in [-0.39, 0.29) is 17.5 Å². The van der Waals surface area contributed by atoms with Crippen LogP contribution in [0.1, 0.15) is 23.0 Å². The molecule has 3 aromatic rings. The van der Waals surface area contributed by atoms with Gasteiger partial charge in [0.25, 0.3) is 5.91 Å². The van der Waals surface area contributed by atoms with Crippen LogP contribution >= 0.6 is 15.9 Å². The van der Waals surface area contributed by atoms with Crippen LogP contribution in [0.5, 0.6) is 0 Å². The van der Waals surface area contributed by atoms with Gasteiger partial charge >= 0.3 is 0 Å². The largest absolute Gasteiger partial charge is 0.451 e. The summed E-state index contributed by atoms with van der Waals surface area (Å²) in [5, 5.41) is 7.78. The zero-order chi connectivity index (χ0) is 18.7. The first-order chi connectivity index (χ1) is 12.4. The maximum atomic E-state index is 12.4. The van der Waals surface area contributed by atoms with Crippen molar-refractivity contribution in [2.75, 3.05) is 5.32 Å². The van der Waals surface area contributed by atoms with Gasteiger partial charge in [-0.3, -0.25) is 10.2 Å². The number of hydrogen-bond donors (Lipinski definition) is 3. The first-order valence-electron chi connectivity index (χ1n) is 7.78. The van der Waals surface area contributed by atoms with E-state index in [2.05, 4.69) is 38.4 Å². The minimum absolute atomic E-state index is 0.255. The quantitative estimate of drug-likeness (QED) is 0.432. The summed E-state index contributed by atoms with van der Waals surface area (Å²) in [6.45, 7) is 5.36. The van der Waals surface area contributed by atoms with E-state index in [1.54, 1.807) is 18.2 Å². The predicted octanol–water partition coefficient (Wildman–Crippen LogP) is 4.19. The highest BCUT2D eigenvalue weighted by Crippen LogP contribution is 2.24. The van der Waals surface area contributed by atoms with E-state index in [0.29, 0.717) is 11.3 Å². The van der Waals surface area contributed by atoms with Gasteiger partial charge in [-0.1, -0.05) is 34.6 Å².